The first-order valence-electron chi connectivity index (χ1n) is 18.7. The van der Waals surface area contributed by atoms with E-state index < -0.39 is 13.1 Å². The largest absolute Gasteiger partial charge is 4.00 e. The van der Waals surface area contributed by atoms with Gasteiger partial charge in [0.05, 0.1) is 34.1 Å². The summed E-state index contributed by atoms with van der Waals surface area (Å²) >= 11 is 0. The van der Waals surface area contributed by atoms with Crippen LogP contribution in [0.15, 0.2) is 34.9 Å². The molecule has 0 saturated carbocycles. The number of anilines is 6. The zero-order valence-corrected chi connectivity index (χ0v) is 43.4. The summed E-state index contributed by atoms with van der Waals surface area (Å²) in [5.41, 5.74) is 19.7. The van der Waals surface area contributed by atoms with Gasteiger partial charge in [-0.15, -0.1) is 6.92 Å². The van der Waals surface area contributed by atoms with Crippen LogP contribution in [0, 0.1) is 47.6 Å². The van der Waals surface area contributed by atoms with E-state index in [-0.39, 0.29) is 58.9 Å². The molecule has 4 rings (SSSR count). The molecular formula is C45H69Cl3N6SiTi. The Balaban J connectivity index is 0.00000756. The monoisotopic (exact) mass is 874 g/mol. The number of hydrogen-bond acceptors (Lipinski definition) is 6. The van der Waals surface area contributed by atoms with Gasteiger partial charge in [0.2, 0.25) is 0 Å². The minimum Gasteiger partial charge on any atom is -1.00 e. The summed E-state index contributed by atoms with van der Waals surface area (Å²) in [5.74, 6) is 0. The van der Waals surface area contributed by atoms with Gasteiger partial charge in [0, 0.05) is 84.6 Å². The number of hydrogen-bond donors (Lipinski definition) is 0. The molecule has 0 amide bonds. The summed E-state index contributed by atoms with van der Waals surface area (Å²) in [5, 5.41) is 3.92. The Labute approximate surface area is 376 Å². The number of benzene rings is 3. The first-order valence-corrected chi connectivity index (χ1v) is 20.7. The maximum absolute atomic E-state index is 4.34. The predicted molar refractivity (Wildman–Crippen MR) is 238 cm³/mol. The molecule has 11 heteroatoms. The van der Waals surface area contributed by atoms with Crippen LogP contribution in [0.5, 0.6) is 0 Å². The fraction of sp³-hybridized carbons (Fsp3) is 0.511. The minimum atomic E-state index is -3.41. The quantitative estimate of drug-likeness (QED) is 0.136. The number of halogens is 3. The van der Waals surface area contributed by atoms with Gasteiger partial charge in [-0.2, -0.15) is 11.1 Å². The molecule has 0 bridgehead atoms. The molecule has 1 unspecified atom stereocenters. The Morgan fingerprint density at radius 2 is 0.643 bits per heavy atom. The van der Waals surface area contributed by atoms with Gasteiger partial charge in [0.15, 0.2) is 8.07 Å². The average Bonchev–Trinajstić information content (AvgIpc) is 3.20. The molecule has 0 aliphatic heterocycles. The fourth-order valence-corrected chi connectivity index (χ4v) is 17.5. The van der Waals surface area contributed by atoms with Crippen LogP contribution in [-0.4, -0.2) is 92.6 Å². The summed E-state index contributed by atoms with van der Waals surface area (Å²) in [6, 6.07) is 7.41. The van der Waals surface area contributed by atoms with Gasteiger partial charge < -0.3 is 66.6 Å². The van der Waals surface area contributed by atoms with Gasteiger partial charge in [-0.05, 0) is 90.5 Å². The zero-order valence-electron chi connectivity index (χ0n) is 38.5. The van der Waals surface area contributed by atoms with E-state index in [0.717, 1.165) is 0 Å². The molecule has 0 spiro atoms. The summed E-state index contributed by atoms with van der Waals surface area (Å²) in [6.45, 7) is 23.6. The Morgan fingerprint density at radius 1 is 0.411 bits per heavy atom. The molecule has 0 saturated heterocycles. The summed E-state index contributed by atoms with van der Waals surface area (Å²) in [4.78, 5) is 14.2. The molecule has 0 N–H and O–H groups in total. The van der Waals surface area contributed by atoms with E-state index in [0.29, 0.717) is 0 Å². The number of nitrogens with zero attached hydrogens (tertiary/aromatic N) is 6. The van der Waals surface area contributed by atoms with E-state index in [1.165, 1.54) is 99.8 Å². The fourth-order valence-electron chi connectivity index (χ4n) is 10.0. The molecule has 56 heavy (non-hydrogen) atoms. The molecule has 0 heterocycles. The van der Waals surface area contributed by atoms with Crippen molar-refractivity contribution in [1.82, 2.24) is 0 Å². The van der Waals surface area contributed by atoms with Crippen molar-refractivity contribution >= 4 is 57.8 Å². The van der Waals surface area contributed by atoms with Crippen LogP contribution < -0.4 is 82.2 Å². The Bertz CT molecular complexity index is 1800. The smallest absolute Gasteiger partial charge is 1.00 e. The van der Waals surface area contributed by atoms with Crippen molar-refractivity contribution < 1.29 is 58.9 Å². The standard InChI is InChI=1S/C45H69N6Si.3ClH.Ti/c1-27-23-30(4)42(39(49(17)18)36(27)46(11)12)52(45(10)26-33(7)34(8)35(45)9,43-31(5)24-28(2)37(47(13)14)40(43)50(19)20)44-32(6)25-29(3)38(48(15)16)41(44)51(21)22;;;;/h23-25H,1-22H3;3*1H;/q-1;;;;+4/p-3. The van der Waals surface area contributed by atoms with Crippen LogP contribution >= 0.6 is 0 Å². The molecule has 0 aromatic heterocycles. The minimum absolute atomic E-state index is 0. The van der Waals surface area contributed by atoms with Gasteiger partial charge in [-0.1, -0.05) is 44.0 Å². The van der Waals surface area contributed by atoms with Crippen LogP contribution in [0.3, 0.4) is 0 Å². The topological polar surface area (TPSA) is 19.4 Å². The van der Waals surface area contributed by atoms with E-state index in [1.807, 2.05) is 0 Å². The molecule has 1 aliphatic rings. The predicted octanol–water partition coefficient (Wildman–Crippen LogP) is -1.73. The first kappa shape index (κ1) is 53.7. The van der Waals surface area contributed by atoms with Crippen LogP contribution in [0.2, 0.25) is 5.04 Å². The van der Waals surface area contributed by atoms with Gasteiger partial charge in [0.1, 0.15) is 0 Å². The van der Waals surface area contributed by atoms with Gasteiger partial charge >= 0.3 is 21.7 Å². The molecule has 1 aliphatic carbocycles. The normalized spacial score (nSPS) is 14.9. The molecular weight excluding hydrogens is 807 g/mol. The van der Waals surface area contributed by atoms with E-state index in [2.05, 4.69) is 207 Å². The molecule has 0 fully saturated rings. The second kappa shape index (κ2) is 19.2. The molecule has 308 valence electrons. The average molecular weight is 876 g/mol. The third-order valence-electron chi connectivity index (χ3n) is 11.9. The third-order valence-corrected chi connectivity index (χ3v) is 18.0. The van der Waals surface area contributed by atoms with Crippen LogP contribution in [0.4, 0.5) is 34.1 Å². The van der Waals surface area contributed by atoms with E-state index in [4.69, 9.17) is 0 Å². The third kappa shape index (κ3) is 8.16. The van der Waals surface area contributed by atoms with Gasteiger partial charge in [-0.3, -0.25) is 6.08 Å². The SMILES string of the molecule is CC1=[C-]C(C)([Si](c2c(C)cc(C)c(N(C)C)c2N(C)C)(c2c(C)cc(C)c(N(C)C)c2N(C)C)c2c(C)cc(C)c(N(C)C)c2N(C)C)C(C)=C1C.[Cl-].[Cl-].[Cl-].[Ti+4]. The second-order valence-electron chi connectivity index (χ2n) is 17.0. The summed E-state index contributed by atoms with van der Waals surface area (Å²) < 4.78 is 0. The Morgan fingerprint density at radius 3 is 0.821 bits per heavy atom. The van der Waals surface area contributed by atoms with Gasteiger partial charge in [-0.25, -0.2) is 5.57 Å². The maximum atomic E-state index is 4.34. The van der Waals surface area contributed by atoms with E-state index in [9.17, 15) is 0 Å². The van der Waals surface area contributed by atoms with Crippen LogP contribution in [0.25, 0.3) is 0 Å². The molecule has 3 aromatic rings. The summed E-state index contributed by atoms with van der Waals surface area (Å²) in [7, 11) is 23.3. The molecule has 0 radical (unpaired) electrons. The summed E-state index contributed by atoms with van der Waals surface area (Å²) in [6.07, 6.45) is 4.34. The van der Waals surface area contributed by atoms with Crippen molar-refractivity contribution in [2.24, 2.45) is 0 Å². The first-order chi connectivity index (χ1) is 23.9. The van der Waals surface area contributed by atoms with Gasteiger partial charge in [0.25, 0.3) is 0 Å². The number of rotatable bonds is 10. The molecule has 6 nitrogen and oxygen atoms in total. The molecule has 1 atom stereocenters. The van der Waals surface area contributed by atoms with E-state index >= 15 is 0 Å². The Hall–Kier alpha value is -2.26. The van der Waals surface area contributed by atoms with Crippen LogP contribution in [0.1, 0.15) is 61.1 Å². The van der Waals surface area contributed by atoms with Crippen LogP contribution in [-0.2, 0) is 21.7 Å². The van der Waals surface area contributed by atoms with Crippen molar-refractivity contribution in [3.8, 4) is 0 Å². The van der Waals surface area contributed by atoms with Crippen molar-refractivity contribution in [1.29, 1.82) is 0 Å². The second-order valence-corrected chi connectivity index (χ2v) is 21.0. The van der Waals surface area contributed by atoms with Crippen molar-refractivity contribution in [2.75, 3.05) is 114 Å². The van der Waals surface area contributed by atoms with Crippen molar-refractivity contribution in [3.05, 3.63) is 74.4 Å². The van der Waals surface area contributed by atoms with Crippen molar-refractivity contribution in [2.45, 2.75) is 74.3 Å². The maximum Gasteiger partial charge on any atom is 4.00 e. The van der Waals surface area contributed by atoms with E-state index in [1.54, 1.807) is 0 Å². The number of aryl methyl sites for hydroxylation is 6. The Kier molecular flexibility index (Phi) is 18.4. The van der Waals surface area contributed by atoms with Crippen molar-refractivity contribution in [3.63, 3.8) is 0 Å². The number of allylic oxidation sites excluding steroid dienone is 4. The zero-order chi connectivity index (χ0) is 39.7. The molecule has 3 aromatic carbocycles.